The molecule has 0 amide bonds. The molecule has 0 radical (unpaired) electrons. The molecule has 11 aromatic rings. The van der Waals surface area contributed by atoms with Crippen LogP contribution in [-0.4, -0.2) is 34.5 Å². The van der Waals surface area contributed by atoms with Crippen molar-refractivity contribution in [3.8, 4) is 85.1 Å². The lowest BCUT2D eigenvalue weighted by Gasteiger charge is -2.19. The third-order valence-corrected chi connectivity index (χ3v) is 10.9. The molecule has 286 valence electrons. The van der Waals surface area contributed by atoms with Crippen LogP contribution in [0.2, 0.25) is 0 Å². The summed E-state index contributed by atoms with van der Waals surface area (Å²) in [4.78, 5) is 31.2. The second-order valence-electron chi connectivity index (χ2n) is 14.7. The van der Waals surface area contributed by atoms with Crippen LogP contribution in [-0.2, 0) is 0 Å². The van der Waals surface area contributed by atoms with E-state index in [9.17, 15) is 0 Å². The minimum Gasteiger partial charge on any atom is -0.308 e. The van der Waals surface area contributed by atoms with Crippen molar-refractivity contribution in [3.05, 3.63) is 212 Å². The molecular formula is C54H35N7. The van der Waals surface area contributed by atoms with E-state index in [1.54, 1.807) is 0 Å². The van der Waals surface area contributed by atoms with Crippen LogP contribution in [0.25, 0.3) is 107 Å². The Morgan fingerprint density at radius 1 is 0.246 bits per heavy atom. The Balaban J connectivity index is 1.28. The van der Waals surface area contributed by atoms with Crippen LogP contribution in [0.1, 0.15) is 0 Å². The molecule has 0 aliphatic heterocycles. The van der Waals surface area contributed by atoms with Gasteiger partial charge in [0.2, 0.25) is 0 Å². The summed E-state index contributed by atoms with van der Waals surface area (Å²) in [5, 5.41) is 2.30. The molecule has 0 fully saturated rings. The molecule has 0 atom stereocenters. The fourth-order valence-corrected chi connectivity index (χ4v) is 8.03. The van der Waals surface area contributed by atoms with Gasteiger partial charge in [-0.15, -0.1) is 0 Å². The van der Waals surface area contributed by atoms with Crippen LogP contribution < -0.4 is 0 Å². The topological polar surface area (TPSA) is 82.3 Å². The maximum Gasteiger partial charge on any atom is 0.166 e. The van der Waals surface area contributed by atoms with Crippen molar-refractivity contribution >= 4 is 21.8 Å². The van der Waals surface area contributed by atoms with Crippen molar-refractivity contribution in [3.63, 3.8) is 0 Å². The highest BCUT2D eigenvalue weighted by Gasteiger charge is 2.24. The van der Waals surface area contributed by atoms with Gasteiger partial charge < -0.3 is 4.57 Å². The molecule has 0 aliphatic carbocycles. The fraction of sp³-hybridized carbons (Fsp3) is 0. The lowest BCUT2D eigenvalue weighted by Crippen LogP contribution is -2.06. The summed E-state index contributed by atoms with van der Waals surface area (Å²) < 4.78 is 2.34. The fourth-order valence-electron chi connectivity index (χ4n) is 8.03. The first-order chi connectivity index (χ1) is 30.2. The molecule has 3 aromatic heterocycles. The van der Waals surface area contributed by atoms with Crippen LogP contribution >= 0.6 is 0 Å². The number of aromatic nitrogens is 7. The van der Waals surface area contributed by atoms with E-state index in [-0.39, 0.29) is 0 Å². The molecule has 0 bridgehead atoms. The van der Waals surface area contributed by atoms with Gasteiger partial charge in [0.1, 0.15) is 0 Å². The number of rotatable bonds is 8. The van der Waals surface area contributed by atoms with Crippen molar-refractivity contribution in [2.45, 2.75) is 0 Å². The molecule has 0 unspecified atom stereocenters. The Morgan fingerprint density at radius 2 is 0.557 bits per heavy atom. The quantitative estimate of drug-likeness (QED) is 0.153. The average molecular weight is 782 g/mol. The van der Waals surface area contributed by atoms with Crippen LogP contribution in [0, 0.1) is 0 Å². The summed E-state index contributed by atoms with van der Waals surface area (Å²) in [5.74, 6) is 3.35. The van der Waals surface area contributed by atoms with Gasteiger partial charge in [-0.1, -0.05) is 188 Å². The van der Waals surface area contributed by atoms with E-state index in [0.29, 0.717) is 34.9 Å². The predicted molar refractivity (Wildman–Crippen MR) is 246 cm³/mol. The first-order valence-electron chi connectivity index (χ1n) is 20.2. The zero-order valence-electron chi connectivity index (χ0n) is 32.8. The van der Waals surface area contributed by atoms with E-state index in [0.717, 1.165) is 72.0 Å². The summed E-state index contributed by atoms with van der Waals surface area (Å²) >= 11 is 0. The maximum absolute atomic E-state index is 5.31. The highest BCUT2D eigenvalue weighted by molar-refractivity contribution is 6.10. The summed E-state index contributed by atoms with van der Waals surface area (Å²) in [6.07, 6.45) is 0. The lowest BCUT2D eigenvalue weighted by atomic mass is 9.94. The van der Waals surface area contributed by atoms with Gasteiger partial charge in [-0.25, -0.2) is 29.9 Å². The van der Waals surface area contributed by atoms with E-state index >= 15 is 0 Å². The van der Waals surface area contributed by atoms with Gasteiger partial charge in [0.05, 0.1) is 16.7 Å². The maximum atomic E-state index is 5.31. The molecular weight excluding hydrogens is 747 g/mol. The number of nitrogens with zero attached hydrogens (tertiary/aromatic N) is 7. The Bertz CT molecular complexity index is 3170. The molecule has 8 aromatic carbocycles. The summed E-state index contributed by atoms with van der Waals surface area (Å²) in [6, 6.07) is 72.3. The number of hydrogen-bond donors (Lipinski definition) is 0. The van der Waals surface area contributed by atoms with E-state index in [2.05, 4.69) is 89.5 Å². The Morgan fingerprint density at radius 3 is 0.951 bits per heavy atom. The van der Waals surface area contributed by atoms with Crippen LogP contribution in [0.3, 0.4) is 0 Å². The van der Waals surface area contributed by atoms with Gasteiger partial charge in [-0.2, -0.15) is 0 Å². The summed E-state index contributed by atoms with van der Waals surface area (Å²) in [5.41, 5.74) is 10.2. The van der Waals surface area contributed by atoms with Crippen molar-refractivity contribution in [2.75, 3.05) is 0 Å². The van der Waals surface area contributed by atoms with Crippen LogP contribution in [0.15, 0.2) is 212 Å². The zero-order valence-corrected chi connectivity index (χ0v) is 32.8. The molecule has 0 aliphatic rings. The van der Waals surface area contributed by atoms with Gasteiger partial charge in [-0.05, 0) is 35.4 Å². The third kappa shape index (κ3) is 6.70. The second-order valence-corrected chi connectivity index (χ2v) is 14.7. The van der Waals surface area contributed by atoms with Gasteiger partial charge in [0.15, 0.2) is 34.9 Å². The van der Waals surface area contributed by atoms with Crippen LogP contribution in [0.5, 0.6) is 0 Å². The molecule has 0 saturated heterocycles. The predicted octanol–water partition coefficient (Wildman–Crippen LogP) is 12.8. The van der Waals surface area contributed by atoms with Crippen molar-refractivity contribution < 1.29 is 0 Å². The minimum absolute atomic E-state index is 0.519. The molecule has 7 nitrogen and oxygen atoms in total. The van der Waals surface area contributed by atoms with Crippen molar-refractivity contribution in [1.29, 1.82) is 0 Å². The number of para-hydroxylation sites is 2. The number of fused-ring (bicyclic) bond motifs is 3. The molecule has 7 heteroatoms. The minimum atomic E-state index is 0.519. The Labute approximate surface area is 352 Å². The van der Waals surface area contributed by atoms with Crippen LogP contribution in [0.4, 0.5) is 0 Å². The van der Waals surface area contributed by atoms with Gasteiger partial charge in [0.25, 0.3) is 0 Å². The molecule has 0 saturated carbocycles. The van der Waals surface area contributed by atoms with E-state index < -0.39 is 0 Å². The highest BCUT2D eigenvalue weighted by Crippen LogP contribution is 2.42. The zero-order chi connectivity index (χ0) is 40.5. The number of hydrogen-bond acceptors (Lipinski definition) is 6. The second kappa shape index (κ2) is 15.4. The molecule has 11 rings (SSSR count). The lowest BCUT2D eigenvalue weighted by molar-refractivity contribution is 1.06. The SMILES string of the molecule is c1ccc(-c2nc(-c3ccccc3)nc(-c3cc(-c4nc(-c5ccccc5)nc(-c5ccccc5)n4)c(-n4c5ccccc5c5ccccc54)cc3-c3ccccc3)n2)cc1. The monoisotopic (exact) mass is 781 g/mol. The van der Waals surface area contributed by atoms with E-state index in [1.165, 1.54) is 0 Å². The molecule has 61 heavy (non-hydrogen) atoms. The first-order valence-corrected chi connectivity index (χ1v) is 20.2. The van der Waals surface area contributed by atoms with Gasteiger partial charge >= 0.3 is 0 Å². The van der Waals surface area contributed by atoms with E-state index in [4.69, 9.17) is 29.9 Å². The number of benzene rings is 8. The Hall–Kier alpha value is -8.42. The van der Waals surface area contributed by atoms with Gasteiger partial charge in [0, 0.05) is 44.2 Å². The summed E-state index contributed by atoms with van der Waals surface area (Å²) in [6.45, 7) is 0. The smallest absolute Gasteiger partial charge is 0.166 e. The van der Waals surface area contributed by atoms with Crippen molar-refractivity contribution in [1.82, 2.24) is 34.5 Å². The third-order valence-electron chi connectivity index (χ3n) is 10.9. The van der Waals surface area contributed by atoms with Crippen molar-refractivity contribution in [2.24, 2.45) is 0 Å². The molecule has 0 spiro atoms. The van der Waals surface area contributed by atoms with E-state index in [1.807, 2.05) is 127 Å². The average Bonchev–Trinajstić information content (AvgIpc) is 3.69. The Kier molecular flexibility index (Phi) is 9.02. The normalized spacial score (nSPS) is 11.3. The molecule has 3 heterocycles. The highest BCUT2D eigenvalue weighted by atomic mass is 15.1. The standard InChI is InChI=1S/C54H35N7/c1-6-20-36(21-7-1)43-35-48(61-46-32-18-16-30-41(46)42-31-17-19-33-47(42)61)45(54-59-51(39-26-12-4-13-27-39)56-52(60-54)40-28-14-5-15-29-40)34-44(43)53-57-49(37-22-8-2-9-23-37)55-50(58-53)38-24-10-3-11-25-38/h1-35H. The summed E-state index contributed by atoms with van der Waals surface area (Å²) in [7, 11) is 0. The largest absolute Gasteiger partial charge is 0.308 e. The van der Waals surface area contributed by atoms with Gasteiger partial charge in [-0.3, -0.25) is 0 Å². The first kappa shape index (κ1) is 35.7. The molecule has 0 N–H and O–H groups in total.